The summed E-state index contributed by atoms with van der Waals surface area (Å²) in [5.41, 5.74) is 2.26. The lowest BCUT2D eigenvalue weighted by molar-refractivity contribution is 0.102. The first kappa shape index (κ1) is 14.0. The van der Waals surface area contributed by atoms with Gasteiger partial charge in [-0.2, -0.15) is 5.10 Å². The average molecular weight is 274 g/mol. The largest absolute Gasteiger partial charge is 0.318 e. The highest BCUT2D eigenvalue weighted by Gasteiger charge is 2.16. The summed E-state index contributed by atoms with van der Waals surface area (Å²) in [7, 11) is 0. The Kier molecular flexibility index (Phi) is 3.74. The fourth-order valence-corrected chi connectivity index (χ4v) is 2.11. The minimum Gasteiger partial charge on any atom is -0.318 e. The molecule has 2 heterocycles. The van der Waals surface area contributed by atoms with Crippen molar-refractivity contribution in [2.24, 2.45) is 0 Å². The zero-order chi connectivity index (χ0) is 14.9. The number of nitrogens with one attached hydrogen (secondary N) is 2. The first-order valence-corrected chi connectivity index (χ1v) is 6.46. The Hall–Kier alpha value is -2.37. The molecule has 2 aromatic rings. The van der Waals surface area contributed by atoms with Crippen LogP contribution in [-0.2, 0) is 0 Å². The highest BCUT2D eigenvalue weighted by molar-refractivity contribution is 6.03. The fourth-order valence-electron chi connectivity index (χ4n) is 2.11. The van der Waals surface area contributed by atoms with Crippen molar-refractivity contribution in [3.8, 4) is 0 Å². The number of rotatable bonds is 3. The van der Waals surface area contributed by atoms with Crippen molar-refractivity contribution in [2.75, 3.05) is 5.32 Å². The number of aromatic amines is 1. The molecule has 0 unspecified atom stereocenters. The minimum absolute atomic E-state index is 0.218. The molecule has 0 aliphatic rings. The summed E-state index contributed by atoms with van der Waals surface area (Å²) in [6, 6.07) is 4.69. The number of carbonyl (C=O) groups excluding carboxylic acids is 1. The van der Waals surface area contributed by atoms with Gasteiger partial charge in [0, 0.05) is 12.1 Å². The second-order valence-corrected chi connectivity index (χ2v) is 4.97. The molecule has 1 amide bonds. The van der Waals surface area contributed by atoms with E-state index in [0.29, 0.717) is 5.69 Å². The maximum atomic E-state index is 12.1. The Morgan fingerprint density at radius 2 is 2.05 bits per heavy atom. The lowest BCUT2D eigenvalue weighted by Crippen LogP contribution is -2.18. The third kappa shape index (κ3) is 2.64. The number of aromatic nitrogens is 3. The molecule has 6 nitrogen and oxygen atoms in total. The van der Waals surface area contributed by atoms with Crippen molar-refractivity contribution in [3.05, 3.63) is 45.6 Å². The number of amides is 1. The Labute approximate surface area is 116 Å². The van der Waals surface area contributed by atoms with E-state index in [1.807, 2.05) is 32.4 Å². The maximum absolute atomic E-state index is 12.1. The predicted molar refractivity (Wildman–Crippen MR) is 77.1 cm³/mol. The molecule has 0 bridgehead atoms. The third-order valence-corrected chi connectivity index (χ3v) is 3.07. The van der Waals surface area contributed by atoms with Gasteiger partial charge in [-0.25, -0.2) is 0 Å². The van der Waals surface area contributed by atoms with Crippen LogP contribution in [0.3, 0.4) is 0 Å². The van der Waals surface area contributed by atoms with Gasteiger partial charge in [-0.1, -0.05) is 6.07 Å². The summed E-state index contributed by atoms with van der Waals surface area (Å²) >= 11 is 0. The fraction of sp³-hybridized carbons (Fsp3) is 0.357. The smallest absolute Gasteiger partial charge is 0.272 e. The van der Waals surface area contributed by atoms with Gasteiger partial charge >= 0.3 is 0 Å². The van der Waals surface area contributed by atoms with E-state index in [1.165, 1.54) is 6.07 Å². The van der Waals surface area contributed by atoms with Gasteiger partial charge in [0.1, 0.15) is 5.69 Å². The molecule has 0 aliphatic carbocycles. The molecule has 20 heavy (non-hydrogen) atoms. The number of H-pyrrole nitrogens is 1. The molecule has 2 rings (SSSR count). The zero-order valence-electron chi connectivity index (χ0n) is 12.0. The SMILES string of the molecule is Cc1nn(C(C)C)c(C)c1NC(=O)c1cccc(=O)[nH]1. The van der Waals surface area contributed by atoms with Crippen LogP contribution in [0.25, 0.3) is 0 Å². The van der Waals surface area contributed by atoms with Gasteiger partial charge in [-0.15, -0.1) is 0 Å². The summed E-state index contributed by atoms with van der Waals surface area (Å²) in [4.78, 5) is 25.9. The van der Waals surface area contributed by atoms with E-state index in [1.54, 1.807) is 12.1 Å². The van der Waals surface area contributed by atoms with Gasteiger partial charge in [0.15, 0.2) is 0 Å². The molecule has 2 N–H and O–H groups in total. The molecule has 0 radical (unpaired) electrons. The van der Waals surface area contributed by atoms with E-state index in [4.69, 9.17) is 0 Å². The Morgan fingerprint density at radius 3 is 2.60 bits per heavy atom. The number of nitrogens with zero attached hydrogens (tertiary/aromatic N) is 2. The molecule has 0 saturated heterocycles. The van der Waals surface area contributed by atoms with Gasteiger partial charge in [0.25, 0.3) is 5.91 Å². The topological polar surface area (TPSA) is 79.8 Å². The number of hydrogen-bond acceptors (Lipinski definition) is 3. The van der Waals surface area contributed by atoms with Crippen molar-refractivity contribution >= 4 is 11.6 Å². The van der Waals surface area contributed by atoms with Crippen molar-refractivity contribution in [3.63, 3.8) is 0 Å². The van der Waals surface area contributed by atoms with Crippen LogP contribution in [0.5, 0.6) is 0 Å². The standard InChI is InChI=1S/C14H18N4O2/c1-8(2)18-10(4)13(9(3)17-18)16-14(20)11-6-5-7-12(19)15-11/h5-8H,1-4H3,(H,15,19)(H,16,20). The molecule has 0 spiro atoms. The molecule has 0 atom stereocenters. The molecule has 0 saturated carbocycles. The van der Waals surface area contributed by atoms with Gasteiger partial charge in [0.2, 0.25) is 5.56 Å². The van der Waals surface area contributed by atoms with E-state index in [2.05, 4.69) is 15.4 Å². The third-order valence-electron chi connectivity index (χ3n) is 3.07. The van der Waals surface area contributed by atoms with Crippen LogP contribution in [0.15, 0.2) is 23.0 Å². The average Bonchev–Trinajstić information content (AvgIpc) is 2.67. The van der Waals surface area contributed by atoms with Gasteiger partial charge in [-0.3, -0.25) is 14.3 Å². The lowest BCUT2D eigenvalue weighted by Gasteiger charge is -2.09. The van der Waals surface area contributed by atoms with Crippen molar-refractivity contribution < 1.29 is 4.79 Å². The van der Waals surface area contributed by atoms with Crippen LogP contribution in [-0.4, -0.2) is 20.7 Å². The highest BCUT2D eigenvalue weighted by atomic mass is 16.2. The van der Waals surface area contributed by atoms with Crippen molar-refractivity contribution in [1.29, 1.82) is 0 Å². The summed E-state index contributed by atoms with van der Waals surface area (Å²) in [6.45, 7) is 7.80. The van der Waals surface area contributed by atoms with Crippen LogP contribution >= 0.6 is 0 Å². The van der Waals surface area contributed by atoms with Crippen LogP contribution < -0.4 is 10.9 Å². The van der Waals surface area contributed by atoms with Crippen LogP contribution in [0.2, 0.25) is 0 Å². The second-order valence-electron chi connectivity index (χ2n) is 4.97. The molecular formula is C14H18N4O2. The highest BCUT2D eigenvalue weighted by Crippen LogP contribution is 2.22. The Balaban J connectivity index is 2.31. The molecule has 0 aliphatic heterocycles. The first-order valence-electron chi connectivity index (χ1n) is 6.46. The molecular weight excluding hydrogens is 256 g/mol. The van der Waals surface area contributed by atoms with Crippen molar-refractivity contribution in [2.45, 2.75) is 33.7 Å². The summed E-state index contributed by atoms with van der Waals surface area (Å²) in [5.74, 6) is -0.350. The molecule has 0 aromatic carbocycles. The summed E-state index contributed by atoms with van der Waals surface area (Å²) in [6.07, 6.45) is 0. The van der Waals surface area contributed by atoms with Gasteiger partial charge in [-0.05, 0) is 33.8 Å². The quantitative estimate of drug-likeness (QED) is 0.898. The van der Waals surface area contributed by atoms with E-state index >= 15 is 0 Å². The Bertz CT molecular complexity index is 697. The van der Waals surface area contributed by atoms with E-state index in [0.717, 1.165) is 11.4 Å². The van der Waals surface area contributed by atoms with E-state index in [-0.39, 0.29) is 23.2 Å². The summed E-state index contributed by atoms with van der Waals surface area (Å²) < 4.78 is 1.86. The second kappa shape index (κ2) is 5.32. The number of carbonyl (C=O) groups is 1. The predicted octanol–water partition coefficient (Wildman–Crippen LogP) is 2.02. The first-order chi connectivity index (χ1) is 9.40. The molecule has 6 heteroatoms. The Morgan fingerprint density at radius 1 is 1.35 bits per heavy atom. The zero-order valence-corrected chi connectivity index (χ0v) is 12.0. The molecule has 0 fully saturated rings. The number of hydrogen-bond donors (Lipinski definition) is 2. The maximum Gasteiger partial charge on any atom is 0.272 e. The van der Waals surface area contributed by atoms with Crippen LogP contribution in [0, 0.1) is 13.8 Å². The number of pyridine rings is 1. The van der Waals surface area contributed by atoms with Gasteiger partial charge in [0.05, 0.1) is 17.1 Å². The molecule has 106 valence electrons. The lowest BCUT2D eigenvalue weighted by atomic mass is 10.2. The van der Waals surface area contributed by atoms with Crippen LogP contribution in [0.1, 0.15) is 41.8 Å². The molecule has 2 aromatic heterocycles. The van der Waals surface area contributed by atoms with E-state index < -0.39 is 0 Å². The monoisotopic (exact) mass is 274 g/mol. The minimum atomic E-state index is -0.350. The van der Waals surface area contributed by atoms with E-state index in [9.17, 15) is 9.59 Å². The number of aryl methyl sites for hydroxylation is 1. The van der Waals surface area contributed by atoms with Crippen molar-refractivity contribution in [1.82, 2.24) is 14.8 Å². The van der Waals surface area contributed by atoms with Crippen LogP contribution in [0.4, 0.5) is 5.69 Å². The summed E-state index contributed by atoms with van der Waals surface area (Å²) in [5, 5.41) is 7.21. The normalized spacial score (nSPS) is 10.8. The number of anilines is 1. The van der Waals surface area contributed by atoms with Gasteiger partial charge < -0.3 is 10.3 Å².